The highest BCUT2D eigenvalue weighted by atomic mass is 19.4. The average molecular weight is 542 g/mol. The van der Waals surface area contributed by atoms with Gasteiger partial charge in [0.2, 0.25) is 5.95 Å². The standard InChI is InChI=1S/C28H34F3N7O/c1-17(2)23-12-21(5-7-32-23)24-13-25(35-27(34-24)38-8-6-18(38)3)37-10-9-36(15-19(37)4)26-22(28(29,30)31)11-20(16-39)14-33-26/h5,7,11-14,17-19,39H,6,8-10,15-16H2,1-4H3. The Hall–Kier alpha value is -3.47. The topological polar surface area (TPSA) is 81.5 Å². The minimum absolute atomic E-state index is 0.109. The molecule has 208 valence electrons. The van der Waals surface area contributed by atoms with E-state index in [1.54, 1.807) is 11.1 Å². The molecule has 0 saturated carbocycles. The number of pyridine rings is 2. The second-order valence-electron chi connectivity index (χ2n) is 10.7. The summed E-state index contributed by atoms with van der Waals surface area (Å²) in [6.07, 6.45) is -0.391. The van der Waals surface area contributed by atoms with Gasteiger partial charge in [0.1, 0.15) is 11.6 Å². The predicted molar refractivity (Wildman–Crippen MR) is 145 cm³/mol. The molecule has 5 rings (SSSR count). The lowest BCUT2D eigenvalue weighted by atomic mass is 10.0. The lowest BCUT2D eigenvalue weighted by molar-refractivity contribution is -0.137. The summed E-state index contributed by atoms with van der Waals surface area (Å²) in [6, 6.07) is 7.17. The smallest absolute Gasteiger partial charge is 0.392 e. The fraction of sp³-hybridized carbons (Fsp3) is 0.500. The highest BCUT2D eigenvalue weighted by Crippen LogP contribution is 2.37. The predicted octanol–water partition coefficient (Wildman–Crippen LogP) is 4.88. The van der Waals surface area contributed by atoms with Crippen LogP contribution in [-0.2, 0) is 12.8 Å². The second-order valence-corrected chi connectivity index (χ2v) is 10.7. The van der Waals surface area contributed by atoms with Crippen molar-refractivity contribution in [2.24, 2.45) is 0 Å². The van der Waals surface area contributed by atoms with Gasteiger partial charge < -0.3 is 19.8 Å². The van der Waals surface area contributed by atoms with E-state index >= 15 is 0 Å². The molecule has 0 spiro atoms. The zero-order valence-electron chi connectivity index (χ0n) is 22.7. The van der Waals surface area contributed by atoms with Gasteiger partial charge in [0, 0.05) is 68.0 Å². The van der Waals surface area contributed by atoms with Crippen molar-refractivity contribution in [2.75, 3.05) is 40.9 Å². The molecule has 2 unspecified atom stereocenters. The third-order valence-electron chi connectivity index (χ3n) is 7.58. The molecule has 0 aromatic carbocycles. The molecule has 0 bridgehead atoms. The highest BCUT2D eigenvalue weighted by Gasteiger charge is 2.38. The molecule has 0 radical (unpaired) electrons. The monoisotopic (exact) mass is 541 g/mol. The Bertz CT molecular complexity index is 1330. The molecular weight excluding hydrogens is 507 g/mol. The summed E-state index contributed by atoms with van der Waals surface area (Å²) in [6.45, 7) is 9.89. The molecule has 11 heteroatoms. The molecule has 5 heterocycles. The molecule has 2 fully saturated rings. The van der Waals surface area contributed by atoms with Gasteiger partial charge >= 0.3 is 6.18 Å². The maximum atomic E-state index is 13.8. The Kier molecular flexibility index (Phi) is 7.37. The number of nitrogens with zero attached hydrogens (tertiary/aromatic N) is 7. The number of hydrogen-bond acceptors (Lipinski definition) is 8. The molecule has 2 atom stereocenters. The van der Waals surface area contributed by atoms with Gasteiger partial charge in [0.25, 0.3) is 0 Å². The second kappa shape index (κ2) is 10.6. The van der Waals surface area contributed by atoms with Crippen LogP contribution in [0.15, 0.2) is 36.7 Å². The summed E-state index contributed by atoms with van der Waals surface area (Å²) in [5.41, 5.74) is 2.05. The molecule has 1 N–H and O–H groups in total. The Morgan fingerprint density at radius 3 is 2.41 bits per heavy atom. The number of aliphatic hydroxyl groups is 1. The molecule has 2 saturated heterocycles. The van der Waals surface area contributed by atoms with Gasteiger partial charge in [-0.05, 0) is 49.9 Å². The lowest BCUT2D eigenvalue weighted by Crippen LogP contribution is -2.53. The molecule has 2 aliphatic heterocycles. The molecule has 3 aromatic heterocycles. The number of halogens is 3. The van der Waals surface area contributed by atoms with E-state index in [4.69, 9.17) is 9.97 Å². The van der Waals surface area contributed by atoms with Gasteiger partial charge in [-0.25, -0.2) is 9.97 Å². The highest BCUT2D eigenvalue weighted by molar-refractivity contribution is 5.66. The van der Waals surface area contributed by atoms with Gasteiger partial charge in [-0.15, -0.1) is 0 Å². The van der Waals surface area contributed by atoms with Gasteiger partial charge in [0.15, 0.2) is 0 Å². The van der Waals surface area contributed by atoms with Crippen molar-refractivity contribution in [3.63, 3.8) is 0 Å². The molecular formula is C28H34F3N7O. The molecule has 8 nitrogen and oxygen atoms in total. The summed E-state index contributed by atoms with van der Waals surface area (Å²) in [4.78, 5) is 24.4. The van der Waals surface area contributed by atoms with Crippen molar-refractivity contribution in [1.82, 2.24) is 19.9 Å². The normalized spacial score (nSPS) is 20.0. The van der Waals surface area contributed by atoms with Gasteiger partial charge in [0.05, 0.1) is 17.9 Å². The molecule has 0 amide bonds. The van der Waals surface area contributed by atoms with Crippen LogP contribution in [0.25, 0.3) is 11.3 Å². The average Bonchev–Trinajstić information content (AvgIpc) is 2.91. The zero-order valence-corrected chi connectivity index (χ0v) is 22.7. The summed E-state index contributed by atoms with van der Waals surface area (Å²) in [5.74, 6) is 1.58. The number of rotatable bonds is 6. The van der Waals surface area contributed by atoms with Gasteiger partial charge in [-0.1, -0.05) is 13.8 Å². The zero-order chi connectivity index (χ0) is 27.9. The van der Waals surface area contributed by atoms with Crippen LogP contribution in [0.2, 0.25) is 0 Å². The maximum absolute atomic E-state index is 13.8. The lowest BCUT2D eigenvalue weighted by Gasteiger charge is -2.43. The summed E-state index contributed by atoms with van der Waals surface area (Å²) in [5, 5.41) is 9.33. The van der Waals surface area contributed by atoms with E-state index < -0.39 is 18.3 Å². The van der Waals surface area contributed by atoms with E-state index in [1.807, 2.05) is 19.1 Å². The molecule has 3 aromatic rings. The molecule has 0 aliphatic carbocycles. The molecule has 39 heavy (non-hydrogen) atoms. The number of anilines is 3. The first-order valence-electron chi connectivity index (χ1n) is 13.4. The largest absolute Gasteiger partial charge is 0.419 e. The van der Waals surface area contributed by atoms with Crippen LogP contribution in [0, 0.1) is 0 Å². The number of hydrogen-bond donors (Lipinski definition) is 1. The summed E-state index contributed by atoms with van der Waals surface area (Å²) >= 11 is 0. The summed E-state index contributed by atoms with van der Waals surface area (Å²) in [7, 11) is 0. The van der Waals surface area contributed by atoms with Crippen molar-refractivity contribution in [3.8, 4) is 11.3 Å². The van der Waals surface area contributed by atoms with Gasteiger partial charge in [-0.2, -0.15) is 18.2 Å². The SMILES string of the molecule is CC(C)c1cc(-c2cc(N3CCN(c4ncc(CO)cc4C(F)(F)F)CC3C)nc(N3CCC3C)n2)ccn1. The van der Waals surface area contributed by atoms with Crippen molar-refractivity contribution in [1.29, 1.82) is 0 Å². The number of aliphatic hydroxyl groups excluding tert-OH is 1. The first-order valence-corrected chi connectivity index (χ1v) is 13.4. The first-order chi connectivity index (χ1) is 18.5. The van der Waals surface area contributed by atoms with Crippen LogP contribution in [0.3, 0.4) is 0 Å². The van der Waals surface area contributed by atoms with Crippen molar-refractivity contribution >= 4 is 17.6 Å². The quantitative estimate of drug-likeness (QED) is 0.473. The van der Waals surface area contributed by atoms with Crippen LogP contribution in [0.5, 0.6) is 0 Å². The van der Waals surface area contributed by atoms with Gasteiger partial charge in [-0.3, -0.25) is 4.98 Å². The Morgan fingerprint density at radius 1 is 1.00 bits per heavy atom. The Labute approximate surface area is 226 Å². The fourth-order valence-electron chi connectivity index (χ4n) is 5.12. The van der Waals surface area contributed by atoms with Crippen LogP contribution >= 0.6 is 0 Å². The Balaban J connectivity index is 1.46. The van der Waals surface area contributed by atoms with Crippen molar-refractivity contribution in [3.05, 3.63) is 53.5 Å². The van der Waals surface area contributed by atoms with Crippen molar-refractivity contribution in [2.45, 2.75) is 64.9 Å². The van der Waals surface area contributed by atoms with Crippen LogP contribution < -0.4 is 14.7 Å². The van der Waals surface area contributed by atoms with Crippen LogP contribution in [0.4, 0.5) is 30.8 Å². The third kappa shape index (κ3) is 5.50. The van der Waals surface area contributed by atoms with E-state index in [9.17, 15) is 18.3 Å². The fourth-order valence-corrected chi connectivity index (χ4v) is 5.12. The number of alkyl halides is 3. The van der Waals surface area contributed by atoms with E-state index in [0.29, 0.717) is 31.6 Å². The van der Waals surface area contributed by atoms with Crippen LogP contribution in [-0.4, -0.2) is 63.3 Å². The van der Waals surface area contributed by atoms with E-state index in [0.717, 1.165) is 41.8 Å². The first kappa shape index (κ1) is 27.1. The Morgan fingerprint density at radius 2 is 1.79 bits per heavy atom. The van der Waals surface area contributed by atoms with E-state index in [-0.39, 0.29) is 23.3 Å². The molecule has 2 aliphatic rings. The van der Waals surface area contributed by atoms with Crippen molar-refractivity contribution < 1.29 is 18.3 Å². The van der Waals surface area contributed by atoms with Crippen LogP contribution in [0.1, 0.15) is 56.9 Å². The number of piperazine rings is 1. The minimum Gasteiger partial charge on any atom is -0.392 e. The van der Waals surface area contributed by atoms with E-state index in [1.165, 1.54) is 6.20 Å². The third-order valence-corrected chi connectivity index (χ3v) is 7.58. The van der Waals surface area contributed by atoms with E-state index in [2.05, 4.69) is 46.6 Å². The maximum Gasteiger partial charge on any atom is 0.419 e. The minimum atomic E-state index is -4.57. The number of aromatic nitrogens is 4. The summed E-state index contributed by atoms with van der Waals surface area (Å²) < 4.78 is 41.5.